The lowest BCUT2D eigenvalue weighted by Gasteiger charge is -2.26. The standard InChI is InChI=1S/C14H17F2N3O2/c15-10-7-11(16)12(17)6-9(10)14(21)18-8-13(20)19-4-2-1-3-5-19/h6-7H,1-5,8,17H2,(H,18,21). The number of hydrogen-bond donors (Lipinski definition) is 2. The van der Waals surface area contributed by atoms with E-state index in [-0.39, 0.29) is 23.7 Å². The van der Waals surface area contributed by atoms with Gasteiger partial charge in [0.05, 0.1) is 17.8 Å². The normalized spacial score (nSPS) is 14.9. The molecule has 1 heterocycles. The van der Waals surface area contributed by atoms with E-state index in [2.05, 4.69) is 5.32 Å². The van der Waals surface area contributed by atoms with E-state index in [9.17, 15) is 18.4 Å². The second-order valence-electron chi connectivity index (χ2n) is 4.98. The van der Waals surface area contributed by atoms with Gasteiger partial charge in [-0.25, -0.2) is 8.78 Å². The van der Waals surface area contributed by atoms with Gasteiger partial charge in [0.25, 0.3) is 5.91 Å². The van der Waals surface area contributed by atoms with Crippen molar-refractivity contribution in [3.63, 3.8) is 0 Å². The summed E-state index contributed by atoms with van der Waals surface area (Å²) in [7, 11) is 0. The van der Waals surface area contributed by atoms with Gasteiger partial charge in [-0.15, -0.1) is 0 Å². The maximum Gasteiger partial charge on any atom is 0.254 e. The summed E-state index contributed by atoms with van der Waals surface area (Å²) >= 11 is 0. The molecule has 3 N–H and O–H groups in total. The molecule has 0 saturated carbocycles. The maximum atomic E-state index is 13.5. The van der Waals surface area contributed by atoms with Crippen molar-refractivity contribution < 1.29 is 18.4 Å². The predicted molar refractivity (Wildman–Crippen MR) is 73.5 cm³/mol. The molecule has 1 aliphatic rings. The molecule has 5 nitrogen and oxygen atoms in total. The summed E-state index contributed by atoms with van der Waals surface area (Å²) in [6, 6.07) is 1.47. The lowest BCUT2D eigenvalue weighted by Crippen LogP contribution is -2.42. The summed E-state index contributed by atoms with van der Waals surface area (Å²) in [6.07, 6.45) is 2.99. The number of nitrogens with two attached hydrogens (primary N) is 1. The van der Waals surface area contributed by atoms with Gasteiger partial charge in [0.2, 0.25) is 5.91 Å². The minimum absolute atomic E-state index is 0.210. The zero-order valence-corrected chi connectivity index (χ0v) is 11.5. The van der Waals surface area contributed by atoms with Gasteiger partial charge < -0.3 is 16.0 Å². The van der Waals surface area contributed by atoms with Crippen LogP contribution in [-0.2, 0) is 4.79 Å². The molecule has 114 valence electrons. The molecule has 2 amide bonds. The number of carbonyl (C=O) groups excluding carboxylic acids is 2. The van der Waals surface area contributed by atoms with Gasteiger partial charge in [0.1, 0.15) is 11.6 Å². The van der Waals surface area contributed by atoms with E-state index in [0.29, 0.717) is 19.2 Å². The van der Waals surface area contributed by atoms with Crippen LogP contribution in [0.2, 0.25) is 0 Å². The SMILES string of the molecule is Nc1cc(C(=O)NCC(=O)N2CCCCC2)c(F)cc1F. The maximum absolute atomic E-state index is 13.5. The molecule has 0 aromatic heterocycles. The first-order chi connectivity index (χ1) is 9.99. The Morgan fingerprint density at radius 1 is 1.14 bits per heavy atom. The highest BCUT2D eigenvalue weighted by molar-refractivity contribution is 5.97. The summed E-state index contributed by atoms with van der Waals surface area (Å²) < 4.78 is 26.5. The quantitative estimate of drug-likeness (QED) is 0.826. The van der Waals surface area contributed by atoms with Crippen LogP contribution < -0.4 is 11.1 Å². The molecule has 7 heteroatoms. The second-order valence-corrected chi connectivity index (χ2v) is 4.98. The molecule has 0 atom stereocenters. The molecule has 1 aliphatic heterocycles. The summed E-state index contributed by atoms with van der Waals surface area (Å²) in [6.45, 7) is 1.13. The van der Waals surface area contributed by atoms with Gasteiger partial charge >= 0.3 is 0 Å². The summed E-state index contributed by atoms with van der Waals surface area (Å²) in [4.78, 5) is 25.4. The Bertz CT molecular complexity index is 557. The van der Waals surface area contributed by atoms with Crippen molar-refractivity contribution in [3.05, 3.63) is 29.3 Å². The van der Waals surface area contributed by atoms with E-state index in [4.69, 9.17) is 5.73 Å². The van der Waals surface area contributed by atoms with Crippen molar-refractivity contribution in [1.82, 2.24) is 10.2 Å². The molecular weight excluding hydrogens is 280 g/mol. The van der Waals surface area contributed by atoms with E-state index < -0.39 is 17.5 Å². The fraction of sp³-hybridized carbons (Fsp3) is 0.429. The van der Waals surface area contributed by atoms with Gasteiger partial charge in [-0.3, -0.25) is 9.59 Å². The summed E-state index contributed by atoms with van der Waals surface area (Å²) in [5.41, 5.74) is 4.61. The van der Waals surface area contributed by atoms with Crippen molar-refractivity contribution in [1.29, 1.82) is 0 Å². The summed E-state index contributed by atoms with van der Waals surface area (Å²) in [5.74, 6) is -2.93. The topological polar surface area (TPSA) is 75.4 Å². The molecule has 1 aromatic carbocycles. The van der Waals surface area contributed by atoms with Gasteiger partial charge in [0.15, 0.2) is 0 Å². The van der Waals surface area contributed by atoms with Crippen molar-refractivity contribution >= 4 is 17.5 Å². The molecule has 0 bridgehead atoms. The van der Waals surface area contributed by atoms with Crippen LogP contribution >= 0.6 is 0 Å². The number of hydrogen-bond acceptors (Lipinski definition) is 3. The van der Waals surface area contributed by atoms with Crippen LogP contribution in [0, 0.1) is 11.6 Å². The predicted octanol–water partition coefficient (Wildman–Crippen LogP) is 1.29. The minimum Gasteiger partial charge on any atom is -0.396 e. The lowest BCUT2D eigenvalue weighted by atomic mass is 10.1. The third-order valence-corrected chi connectivity index (χ3v) is 3.44. The van der Waals surface area contributed by atoms with E-state index in [1.54, 1.807) is 4.90 Å². The van der Waals surface area contributed by atoms with Gasteiger partial charge in [-0.2, -0.15) is 0 Å². The number of nitrogens with zero attached hydrogens (tertiary/aromatic N) is 1. The first-order valence-electron chi connectivity index (χ1n) is 6.79. The number of halogens is 2. The van der Waals surface area contributed by atoms with Gasteiger partial charge in [-0.1, -0.05) is 0 Å². The number of carbonyl (C=O) groups is 2. The molecule has 0 aliphatic carbocycles. The van der Waals surface area contributed by atoms with Crippen molar-refractivity contribution in [2.45, 2.75) is 19.3 Å². The molecule has 1 saturated heterocycles. The van der Waals surface area contributed by atoms with E-state index in [1.807, 2.05) is 0 Å². The summed E-state index contributed by atoms with van der Waals surface area (Å²) in [5, 5.41) is 2.34. The highest BCUT2D eigenvalue weighted by Gasteiger charge is 2.19. The molecule has 1 fully saturated rings. The first kappa shape index (κ1) is 15.2. The Labute approximate surface area is 121 Å². The minimum atomic E-state index is -1.01. The number of likely N-dealkylation sites (tertiary alicyclic amines) is 1. The monoisotopic (exact) mass is 297 g/mol. The van der Waals surface area contributed by atoms with E-state index in [1.165, 1.54) is 0 Å². The largest absolute Gasteiger partial charge is 0.396 e. The highest BCUT2D eigenvalue weighted by atomic mass is 19.1. The first-order valence-corrected chi connectivity index (χ1v) is 6.79. The zero-order chi connectivity index (χ0) is 15.4. The fourth-order valence-corrected chi connectivity index (χ4v) is 2.25. The molecule has 0 radical (unpaired) electrons. The second kappa shape index (κ2) is 6.51. The Hall–Kier alpha value is -2.18. The molecular formula is C14H17F2N3O2. The molecule has 0 spiro atoms. The van der Waals surface area contributed by atoms with Crippen LogP contribution in [0.4, 0.5) is 14.5 Å². The van der Waals surface area contributed by atoms with E-state index >= 15 is 0 Å². The van der Waals surface area contributed by atoms with Crippen molar-refractivity contribution in [2.24, 2.45) is 0 Å². The smallest absolute Gasteiger partial charge is 0.254 e. The Kier molecular flexibility index (Phi) is 4.72. The van der Waals surface area contributed by atoms with Gasteiger partial charge in [0, 0.05) is 19.2 Å². The molecule has 0 unspecified atom stereocenters. The van der Waals surface area contributed by atoms with Crippen LogP contribution in [0.15, 0.2) is 12.1 Å². The number of rotatable bonds is 3. The number of piperidine rings is 1. The average molecular weight is 297 g/mol. The van der Waals surface area contributed by atoms with Gasteiger partial charge in [-0.05, 0) is 25.3 Å². The number of benzene rings is 1. The zero-order valence-electron chi connectivity index (χ0n) is 11.5. The number of nitrogens with one attached hydrogen (secondary N) is 1. The number of nitrogen functional groups attached to an aromatic ring is 1. The Morgan fingerprint density at radius 2 is 1.81 bits per heavy atom. The average Bonchev–Trinajstić information content (AvgIpc) is 2.49. The Morgan fingerprint density at radius 3 is 2.48 bits per heavy atom. The third-order valence-electron chi connectivity index (χ3n) is 3.44. The van der Waals surface area contributed by atoms with Crippen LogP contribution in [0.1, 0.15) is 29.6 Å². The third kappa shape index (κ3) is 3.68. The lowest BCUT2D eigenvalue weighted by molar-refractivity contribution is -0.130. The van der Waals surface area contributed by atoms with E-state index in [0.717, 1.165) is 25.3 Å². The molecule has 1 aromatic rings. The highest BCUT2D eigenvalue weighted by Crippen LogP contribution is 2.16. The van der Waals surface area contributed by atoms with Crippen molar-refractivity contribution in [3.8, 4) is 0 Å². The number of amides is 2. The van der Waals surface area contributed by atoms with Crippen LogP contribution in [0.3, 0.4) is 0 Å². The van der Waals surface area contributed by atoms with Crippen LogP contribution in [-0.4, -0.2) is 36.3 Å². The Balaban J connectivity index is 1.95. The van der Waals surface area contributed by atoms with Crippen LogP contribution in [0.25, 0.3) is 0 Å². The van der Waals surface area contributed by atoms with Crippen molar-refractivity contribution in [2.75, 3.05) is 25.4 Å². The number of anilines is 1. The fourth-order valence-electron chi connectivity index (χ4n) is 2.25. The molecule has 21 heavy (non-hydrogen) atoms. The van der Waals surface area contributed by atoms with Crippen LogP contribution in [0.5, 0.6) is 0 Å². The molecule has 2 rings (SSSR count).